The molecule has 0 atom stereocenters. The van der Waals surface area contributed by atoms with Gasteiger partial charge in [-0.1, -0.05) is 6.07 Å². The largest absolute Gasteiger partial charge is 0.508 e. The Kier molecular flexibility index (Phi) is 6.88. The van der Waals surface area contributed by atoms with Crippen LogP contribution in [0.2, 0.25) is 0 Å². The van der Waals surface area contributed by atoms with E-state index in [1.165, 1.54) is 0 Å². The molecule has 6 nitrogen and oxygen atoms in total. The minimum Gasteiger partial charge on any atom is -0.508 e. The lowest BCUT2D eigenvalue weighted by Gasteiger charge is -2.26. The van der Waals surface area contributed by atoms with Gasteiger partial charge in [0, 0.05) is 30.4 Å². The zero-order valence-electron chi connectivity index (χ0n) is 17.2. The van der Waals surface area contributed by atoms with Gasteiger partial charge in [0.05, 0.1) is 12.2 Å². The zero-order valence-corrected chi connectivity index (χ0v) is 17.2. The number of carbonyl (C=O) groups is 2. The summed E-state index contributed by atoms with van der Waals surface area (Å²) in [6.45, 7) is 7.40. The van der Waals surface area contributed by atoms with E-state index < -0.39 is 0 Å². The highest BCUT2D eigenvalue weighted by Crippen LogP contribution is 2.29. The maximum atomic E-state index is 13.2. The Morgan fingerprint density at radius 3 is 2.21 bits per heavy atom. The lowest BCUT2D eigenvalue weighted by Crippen LogP contribution is -2.37. The Bertz CT molecular complexity index is 841. The topological polar surface area (TPSA) is 64.1 Å². The van der Waals surface area contributed by atoms with Crippen LogP contribution in [0, 0.1) is 0 Å². The van der Waals surface area contributed by atoms with Crippen LogP contribution in [0.5, 0.6) is 5.75 Å². The average molecular weight is 396 g/mol. The molecular weight excluding hydrogens is 366 g/mol. The summed E-state index contributed by atoms with van der Waals surface area (Å²) in [6.07, 6.45) is 2.23. The number of likely N-dealkylation sites (tertiary alicyclic amines) is 1. The summed E-state index contributed by atoms with van der Waals surface area (Å²) in [6, 6.07) is 13.8. The number of nitrogens with zero attached hydrogens (tertiary/aromatic N) is 3. The van der Waals surface area contributed by atoms with Gasteiger partial charge in [0.15, 0.2) is 0 Å². The molecule has 0 unspecified atom stereocenters. The van der Waals surface area contributed by atoms with E-state index in [0.717, 1.165) is 25.9 Å². The van der Waals surface area contributed by atoms with E-state index in [9.17, 15) is 14.7 Å². The Labute approximate surface area is 172 Å². The van der Waals surface area contributed by atoms with Gasteiger partial charge in [0.1, 0.15) is 5.75 Å². The molecule has 3 rings (SSSR count). The molecule has 1 N–H and O–H groups in total. The summed E-state index contributed by atoms with van der Waals surface area (Å²) in [4.78, 5) is 31.3. The fourth-order valence-electron chi connectivity index (χ4n) is 3.72. The smallest absolute Gasteiger partial charge is 0.253 e. The van der Waals surface area contributed by atoms with E-state index in [1.54, 1.807) is 58.3 Å². The molecule has 0 aliphatic carbocycles. The molecule has 154 valence electrons. The van der Waals surface area contributed by atoms with Gasteiger partial charge >= 0.3 is 0 Å². The normalized spacial score (nSPS) is 14.0. The van der Waals surface area contributed by atoms with Crippen LogP contribution in [-0.4, -0.2) is 59.4 Å². The van der Waals surface area contributed by atoms with E-state index in [4.69, 9.17) is 0 Å². The van der Waals surface area contributed by atoms with Gasteiger partial charge in [-0.3, -0.25) is 19.4 Å². The van der Waals surface area contributed by atoms with Gasteiger partial charge in [-0.05, 0) is 76.2 Å². The van der Waals surface area contributed by atoms with Crippen molar-refractivity contribution in [1.82, 2.24) is 9.80 Å². The lowest BCUT2D eigenvalue weighted by molar-refractivity contribution is -0.118. The molecule has 0 aromatic heterocycles. The number of aromatic hydroxyl groups is 1. The van der Waals surface area contributed by atoms with Crippen molar-refractivity contribution < 1.29 is 14.7 Å². The van der Waals surface area contributed by atoms with Crippen molar-refractivity contribution in [1.29, 1.82) is 0 Å². The van der Waals surface area contributed by atoms with Gasteiger partial charge in [-0.2, -0.15) is 0 Å². The number of phenolic OH excluding ortho intramolecular Hbond substituents is 1. The van der Waals surface area contributed by atoms with Crippen molar-refractivity contribution in [3.05, 3.63) is 54.1 Å². The number of rotatable bonds is 7. The van der Waals surface area contributed by atoms with Gasteiger partial charge < -0.3 is 10.0 Å². The third-order valence-electron chi connectivity index (χ3n) is 5.32. The molecule has 1 aliphatic heterocycles. The molecule has 0 spiro atoms. The maximum absolute atomic E-state index is 13.2. The van der Waals surface area contributed by atoms with Crippen molar-refractivity contribution in [2.45, 2.75) is 26.7 Å². The molecule has 0 saturated carbocycles. The van der Waals surface area contributed by atoms with Gasteiger partial charge in [0.25, 0.3) is 5.91 Å². The fourth-order valence-corrected chi connectivity index (χ4v) is 3.72. The van der Waals surface area contributed by atoms with Crippen LogP contribution in [0.1, 0.15) is 37.0 Å². The Hall–Kier alpha value is -2.86. The number of anilines is 2. The second-order valence-corrected chi connectivity index (χ2v) is 7.26. The quantitative estimate of drug-likeness (QED) is 0.778. The highest BCUT2D eigenvalue weighted by atomic mass is 16.3. The molecule has 0 bridgehead atoms. The standard InChI is InChI=1S/C23H29N3O3/c1-3-25(4-2)23(29)18-10-12-19(13-11-18)26(20-8-7-9-21(27)16-20)22(28)17-24-14-5-6-15-24/h7-13,16,27H,3-6,14-15,17H2,1-2H3. The highest BCUT2D eigenvalue weighted by molar-refractivity contribution is 6.02. The van der Waals surface area contributed by atoms with Crippen LogP contribution in [0.4, 0.5) is 11.4 Å². The molecule has 2 amide bonds. The van der Waals surface area contributed by atoms with Crippen molar-refractivity contribution in [3.8, 4) is 5.75 Å². The van der Waals surface area contributed by atoms with Crippen LogP contribution in [0.3, 0.4) is 0 Å². The van der Waals surface area contributed by atoms with Gasteiger partial charge in [0.2, 0.25) is 5.91 Å². The number of hydrogen-bond acceptors (Lipinski definition) is 4. The van der Waals surface area contributed by atoms with E-state index in [1.807, 2.05) is 13.8 Å². The average Bonchev–Trinajstić information content (AvgIpc) is 3.22. The van der Waals surface area contributed by atoms with E-state index in [-0.39, 0.29) is 17.6 Å². The molecule has 2 aromatic rings. The second-order valence-electron chi connectivity index (χ2n) is 7.26. The summed E-state index contributed by atoms with van der Waals surface area (Å²) in [5, 5.41) is 9.91. The summed E-state index contributed by atoms with van der Waals surface area (Å²) in [7, 11) is 0. The summed E-state index contributed by atoms with van der Waals surface area (Å²) in [5.74, 6) is 0.0315. The number of carbonyl (C=O) groups excluding carboxylic acids is 2. The molecule has 1 fully saturated rings. The molecule has 1 aliphatic rings. The first-order valence-electron chi connectivity index (χ1n) is 10.3. The van der Waals surface area contributed by atoms with Crippen molar-refractivity contribution >= 4 is 23.2 Å². The number of benzene rings is 2. The Balaban J connectivity index is 1.89. The molecule has 29 heavy (non-hydrogen) atoms. The first kappa shape index (κ1) is 20.9. The molecule has 2 aromatic carbocycles. The first-order chi connectivity index (χ1) is 14.0. The highest BCUT2D eigenvalue weighted by Gasteiger charge is 2.23. The molecule has 6 heteroatoms. The monoisotopic (exact) mass is 395 g/mol. The third-order valence-corrected chi connectivity index (χ3v) is 5.32. The van der Waals surface area contributed by atoms with Crippen LogP contribution < -0.4 is 4.90 Å². The fraction of sp³-hybridized carbons (Fsp3) is 0.391. The number of phenols is 1. The van der Waals surface area contributed by atoms with E-state index in [2.05, 4.69) is 4.90 Å². The Morgan fingerprint density at radius 1 is 0.966 bits per heavy atom. The zero-order chi connectivity index (χ0) is 20.8. The van der Waals surface area contributed by atoms with Crippen molar-refractivity contribution in [2.75, 3.05) is 37.6 Å². The van der Waals surface area contributed by atoms with Crippen LogP contribution in [0.25, 0.3) is 0 Å². The van der Waals surface area contributed by atoms with Crippen molar-refractivity contribution in [3.63, 3.8) is 0 Å². The van der Waals surface area contributed by atoms with Gasteiger partial charge in [-0.15, -0.1) is 0 Å². The van der Waals surface area contributed by atoms with Crippen LogP contribution in [-0.2, 0) is 4.79 Å². The molecule has 1 saturated heterocycles. The summed E-state index contributed by atoms with van der Waals surface area (Å²) >= 11 is 0. The van der Waals surface area contributed by atoms with Crippen LogP contribution >= 0.6 is 0 Å². The molecular formula is C23H29N3O3. The third kappa shape index (κ3) is 4.95. The number of amides is 2. The number of hydrogen-bond donors (Lipinski definition) is 1. The SMILES string of the molecule is CCN(CC)C(=O)c1ccc(N(C(=O)CN2CCCC2)c2cccc(O)c2)cc1. The molecule has 1 heterocycles. The van der Waals surface area contributed by atoms with E-state index >= 15 is 0 Å². The second kappa shape index (κ2) is 9.56. The van der Waals surface area contributed by atoms with E-state index in [0.29, 0.717) is 36.6 Å². The minimum atomic E-state index is -0.0553. The van der Waals surface area contributed by atoms with Crippen LogP contribution in [0.15, 0.2) is 48.5 Å². The predicted molar refractivity (Wildman–Crippen MR) is 115 cm³/mol. The van der Waals surface area contributed by atoms with Gasteiger partial charge in [-0.25, -0.2) is 0 Å². The molecule has 0 radical (unpaired) electrons. The Morgan fingerprint density at radius 2 is 1.62 bits per heavy atom. The summed E-state index contributed by atoms with van der Waals surface area (Å²) in [5.41, 5.74) is 1.88. The maximum Gasteiger partial charge on any atom is 0.253 e. The lowest BCUT2D eigenvalue weighted by atomic mass is 10.1. The predicted octanol–water partition coefficient (Wildman–Crippen LogP) is 3.63. The minimum absolute atomic E-state index is 0.0196. The van der Waals surface area contributed by atoms with Crippen molar-refractivity contribution in [2.24, 2.45) is 0 Å². The first-order valence-corrected chi connectivity index (χ1v) is 10.3. The summed E-state index contributed by atoms with van der Waals surface area (Å²) < 4.78 is 0.